The molecular formula is C20H26N2O3. The van der Waals surface area contributed by atoms with Crippen LogP contribution in [0.4, 0.5) is 4.79 Å². The molecule has 5 heteroatoms. The summed E-state index contributed by atoms with van der Waals surface area (Å²) in [5.41, 5.74) is 1.35. The Hall–Kier alpha value is -2.30. The number of pyridine rings is 1. The molecule has 0 spiro atoms. The molecule has 0 N–H and O–H groups in total. The molecular weight excluding hydrogens is 316 g/mol. The van der Waals surface area contributed by atoms with E-state index in [1.54, 1.807) is 4.90 Å². The zero-order valence-corrected chi connectivity index (χ0v) is 15.4. The second-order valence-corrected chi connectivity index (χ2v) is 7.59. The smallest absolute Gasteiger partial charge is 0.410 e. The van der Waals surface area contributed by atoms with Gasteiger partial charge in [-0.3, -0.25) is 0 Å². The zero-order valence-electron chi connectivity index (χ0n) is 15.4. The fraction of sp³-hybridized carbons (Fsp3) is 0.500. The summed E-state index contributed by atoms with van der Waals surface area (Å²) in [4.78, 5) is 18.7. The fourth-order valence-electron chi connectivity index (χ4n) is 3.02. The van der Waals surface area contributed by atoms with Crippen molar-refractivity contribution in [1.82, 2.24) is 9.88 Å². The van der Waals surface area contributed by atoms with E-state index in [1.165, 1.54) is 0 Å². The molecule has 1 fully saturated rings. The SMILES string of the molecule is Cc1ccc2cccc(O[C@@H]3CCCN(C(=O)OC(C)(C)C)C3)c2n1. The summed E-state index contributed by atoms with van der Waals surface area (Å²) >= 11 is 0. The maximum absolute atomic E-state index is 12.3. The minimum atomic E-state index is -0.484. The molecule has 25 heavy (non-hydrogen) atoms. The number of rotatable bonds is 2. The third-order valence-electron chi connectivity index (χ3n) is 4.15. The van der Waals surface area contributed by atoms with Crippen molar-refractivity contribution in [1.29, 1.82) is 0 Å². The first kappa shape index (κ1) is 17.5. The van der Waals surface area contributed by atoms with E-state index in [2.05, 4.69) is 11.1 Å². The van der Waals surface area contributed by atoms with Gasteiger partial charge in [0.05, 0.1) is 6.54 Å². The molecule has 1 saturated heterocycles. The van der Waals surface area contributed by atoms with Gasteiger partial charge < -0.3 is 14.4 Å². The number of carbonyl (C=O) groups is 1. The van der Waals surface area contributed by atoms with Crippen LogP contribution in [0.2, 0.25) is 0 Å². The first-order valence-electron chi connectivity index (χ1n) is 8.83. The molecule has 1 aromatic carbocycles. The molecule has 3 rings (SSSR count). The van der Waals surface area contributed by atoms with E-state index < -0.39 is 5.60 Å². The van der Waals surface area contributed by atoms with Crippen molar-refractivity contribution in [2.75, 3.05) is 13.1 Å². The molecule has 1 aliphatic rings. The Kier molecular flexibility index (Phi) is 4.84. The van der Waals surface area contributed by atoms with Crippen LogP contribution < -0.4 is 4.74 Å². The van der Waals surface area contributed by atoms with Crippen LogP contribution in [0.1, 0.15) is 39.3 Å². The molecule has 5 nitrogen and oxygen atoms in total. The monoisotopic (exact) mass is 342 g/mol. The molecule has 134 valence electrons. The van der Waals surface area contributed by atoms with E-state index in [0.717, 1.165) is 35.2 Å². The van der Waals surface area contributed by atoms with Crippen molar-refractivity contribution < 1.29 is 14.3 Å². The first-order valence-corrected chi connectivity index (χ1v) is 8.83. The van der Waals surface area contributed by atoms with E-state index >= 15 is 0 Å². The molecule has 1 aliphatic heterocycles. The highest BCUT2D eigenvalue weighted by Gasteiger charge is 2.28. The third-order valence-corrected chi connectivity index (χ3v) is 4.15. The van der Waals surface area contributed by atoms with Gasteiger partial charge in [-0.2, -0.15) is 0 Å². The number of aromatic nitrogens is 1. The van der Waals surface area contributed by atoms with Crippen molar-refractivity contribution in [2.24, 2.45) is 0 Å². The van der Waals surface area contributed by atoms with Crippen molar-refractivity contribution in [3.63, 3.8) is 0 Å². The van der Waals surface area contributed by atoms with Crippen LogP contribution in [0.5, 0.6) is 5.75 Å². The van der Waals surface area contributed by atoms with Crippen LogP contribution in [0, 0.1) is 6.92 Å². The summed E-state index contributed by atoms with van der Waals surface area (Å²) in [5, 5.41) is 1.06. The molecule has 0 radical (unpaired) electrons. The van der Waals surface area contributed by atoms with Crippen LogP contribution in [-0.4, -0.2) is 40.8 Å². The average molecular weight is 342 g/mol. The van der Waals surface area contributed by atoms with Crippen molar-refractivity contribution in [3.05, 3.63) is 36.0 Å². The lowest BCUT2D eigenvalue weighted by Crippen LogP contribution is -2.46. The highest BCUT2D eigenvalue weighted by molar-refractivity contribution is 5.84. The third kappa shape index (κ3) is 4.41. The van der Waals surface area contributed by atoms with Crippen LogP contribution in [0.3, 0.4) is 0 Å². The molecule has 0 unspecified atom stereocenters. The van der Waals surface area contributed by atoms with Crippen molar-refractivity contribution >= 4 is 17.0 Å². The maximum atomic E-state index is 12.3. The van der Waals surface area contributed by atoms with Gasteiger partial charge in [0.25, 0.3) is 0 Å². The number of piperidine rings is 1. The van der Waals surface area contributed by atoms with Crippen molar-refractivity contribution in [2.45, 2.75) is 52.2 Å². The molecule has 0 saturated carbocycles. The Balaban J connectivity index is 1.73. The lowest BCUT2D eigenvalue weighted by molar-refractivity contribution is 0.00792. The number of carbonyl (C=O) groups excluding carboxylic acids is 1. The van der Waals surface area contributed by atoms with Gasteiger partial charge >= 0.3 is 6.09 Å². The molecule has 0 aliphatic carbocycles. The zero-order chi connectivity index (χ0) is 18.0. The molecule has 1 amide bonds. The number of para-hydroxylation sites is 1. The number of amides is 1. The van der Waals surface area contributed by atoms with Gasteiger partial charge in [0.1, 0.15) is 23.0 Å². The fourth-order valence-corrected chi connectivity index (χ4v) is 3.02. The van der Waals surface area contributed by atoms with Gasteiger partial charge in [-0.1, -0.05) is 18.2 Å². The van der Waals surface area contributed by atoms with E-state index in [9.17, 15) is 4.79 Å². The number of ether oxygens (including phenoxy) is 2. The summed E-state index contributed by atoms with van der Waals surface area (Å²) in [6.07, 6.45) is 1.50. The normalized spacial score (nSPS) is 18.2. The minimum absolute atomic E-state index is 0.0471. The summed E-state index contributed by atoms with van der Waals surface area (Å²) in [7, 11) is 0. The predicted molar refractivity (Wildman–Crippen MR) is 97.9 cm³/mol. The number of hydrogen-bond acceptors (Lipinski definition) is 4. The number of fused-ring (bicyclic) bond motifs is 1. The largest absolute Gasteiger partial charge is 0.486 e. The van der Waals surface area contributed by atoms with Crippen LogP contribution in [0.25, 0.3) is 10.9 Å². The van der Waals surface area contributed by atoms with E-state index in [0.29, 0.717) is 13.1 Å². The lowest BCUT2D eigenvalue weighted by atomic mass is 10.1. The molecule has 2 aromatic rings. The topological polar surface area (TPSA) is 51.7 Å². The van der Waals surface area contributed by atoms with Crippen molar-refractivity contribution in [3.8, 4) is 5.75 Å². The second kappa shape index (κ2) is 6.90. The van der Waals surface area contributed by atoms with Crippen LogP contribution >= 0.6 is 0 Å². The molecule has 1 aromatic heterocycles. The van der Waals surface area contributed by atoms with E-state index in [1.807, 2.05) is 52.0 Å². The summed E-state index contributed by atoms with van der Waals surface area (Å²) in [6, 6.07) is 10.0. The predicted octanol–water partition coefficient (Wildman–Crippen LogP) is 4.32. The lowest BCUT2D eigenvalue weighted by Gasteiger charge is -2.34. The van der Waals surface area contributed by atoms with Gasteiger partial charge in [0.2, 0.25) is 0 Å². The van der Waals surface area contributed by atoms with Crippen LogP contribution in [0.15, 0.2) is 30.3 Å². The van der Waals surface area contributed by atoms with E-state index in [4.69, 9.17) is 9.47 Å². The summed E-state index contributed by atoms with van der Waals surface area (Å²) in [5.74, 6) is 0.775. The first-order chi connectivity index (χ1) is 11.8. The number of aryl methyl sites for hydroxylation is 1. The molecule has 2 heterocycles. The number of nitrogens with zero attached hydrogens (tertiary/aromatic N) is 2. The Morgan fingerprint density at radius 2 is 2.04 bits per heavy atom. The highest BCUT2D eigenvalue weighted by Crippen LogP contribution is 2.27. The van der Waals surface area contributed by atoms with Gasteiger partial charge in [-0.15, -0.1) is 0 Å². The maximum Gasteiger partial charge on any atom is 0.410 e. The van der Waals surface area contributed by atoms with E-state index in [-0.39, 0.29) is 12.2 Å². The molecule has 0 bridgehead atoms. The highest BCUT2D eigenvalue weighted by atomic mass is 16.6. The Morgan fingerprint density at radius 3 is 2.80 bits per heavy atom. The quantitative estimate of drug-likeness (QED) is 0.815. The summed E-state index contributed by atoms with van der Waals surface area (Å²) in [6.45, 7) is 8.87. The van der Waals surface area contributed by atoms with Gasteiger partial charge in [0.15, 0.2) is 0 Å². The summed E-state index contributed by atoms with van der Waals surface area (Å²) < 4.78 is 11.7. The Bertz CT molecular complexity index is 767. The Morgan fingerprint density at radius 1 is 1.24 bits per heavy atom. The average Bonchev–Trinajstić information content (AvgIpc) is 2.54. The van der Waals surface area contributed by atoms with Gasteiger partial charge in [-0.25, -0.2) is 9.78 Å². The van der Waals surface area contributed by atoms with Gasteiger partial charge in [-0.05, 0) is 52.7 Å². The number of hydrogen-bond donors (Lipinski definition) is 0. The Labute approximate surface area is 148 Å². The van der Waals surface area contributed by atoms with Crippen LogP contribution in [-0.2, 0) is 4.74 Å². The molecule has 1 atom stereocenters. The minimum Gasteiger partial charge on any atom is -0.486 e. The number of benzene rings is 1. The number of likely N-dealkylation sites (tertiary alicyclic amines) is 1. The van der Waals surface area contributed by atoms with Gasteiger partial charge in [0, 0.05) is 17.6 Å². The standard InChI is InChI=1S/C20H26N2O3/c1-14-10-11-15-7-5-9-17(18(15)21-14)24-16-8-6-12-22(13-16)19(23)25-20(2,3)4/h5,7,9-11,16H,6,8,12-13H2,1-4H3/t16-/m1/s1. The second-order valence-electron chi connectivity index (χ2n) is 7.59.